The number of fused-ring (bicyclic) bond motifs is 5. The van der Waals surface area contributed by atoms with Gasteiger partial charge in [0.15, 0.2) is 5.13 Å². The summed E-state index contributed by atoms with van der Waals surface area (Å²) in [5, 5.41) is 4.89. The van der Waals surface area contributed by atoms with E-state index < -0.39 is 0 Å². The number of anilines is 1. The molecule has 5 nitrogen and oxygen atoms in total. The van der Waals surface area contributed by atoms with Gasteiger partial charge in [0.1, 0.15) is 0 Å². The molecule has 6 heteroatoms. The fourth-order valence-corrected chi connectivity index (χ4v) is 6.75. The van der Waals surface area contributed by atoms with Gasteiger partial charge >= 0.3 is 0 Å². The molecule has 4 aliphatic heterocycles. The topological polar surface area (TPSA) is 48.5 Å². The van der Waals surface area contributed by atoms with Gasteiger partial charge in [0, 0.05) is 48.9 Å². The largest absolute Gasteiger partial charge is 0.342 e. The number of rotatable bonds is 2. The lowest BCUT2D eigenvalue weighted by Gasteiger charge is -2.37. The first-order chi connectivity index (χ1) is 13.0. The maximum absolute atomic E-state index is 13.0. The van der Waals surface area contributed by atoms with E-state index in [1.807, 2.05) is 11.3 Å². The minimum Gasteiger partial charge on any atom is -0.342 e. The van der Waals surface area contributed by atoms with Gasteiger partial charge in [-0.05, 0) is 43.9 Å². The fraction of sp³-hybridized carbons (Fsp3) is 0.810. The van der Waals surface area contributed by atoms with E-state index in [2.05, 4.69) is 29.0 Å². The Bertz CT molecular complexity index is 726. The smallest absolute Gasteiger partial charge is 0.226 e. The Kier molecular flexibility index (Phi) is 4.47. The summed E-state index contributed by atoms with van der Waals surface area (Å²) < 4.78 is 0. The molecule has 3 atom stereocenters. The van der Waals surface area contributed by atoms with Crippen molar-refractivity contribution in [1.29, 1.82) is 0 Å². The highest BCUT2D eigenvalue weighted by atomic mass is 32.1. The van der Waals surface area contributed by atoms with Crippen LogP contribution in [0.4, 0.5) is 5.13 Å². The van der Waals surface area contributed by atoms with E-state index in [1.165, 1.54) is 41.4 Å². The number of carbonyl (C=O) groups excluding carboxylic acids is 1. The maximum atomic E-state index is 13.0. The van der Waals surface area contributed by atoms with Crippen LogP contribution in [0, 0.1) is 11.3 Å². The van der Waals surface area contributed by atoms with Crippen molar-refractivity contribution in [1.82, 2.24) is 15.2 Å². The number of hydrogen-bond acceptors (Lipinski definition) is 5. The molecule has 0 radical (unpaired) electrons. The summed E-state index contributed by atoms with van der Waals surface area (Å²) in [7, 11) is 0. The zero-order valence-corrected chi connectivity index (χ0v) is 17.5. The van der Waals surface area contributed by atoms with Crippen LogP contribution in [0.15, 0.2) is 0 Å². The van der Waals surface area contributed by atoms with E-state index >= 15 is 0 Å². The molecule has 5 aliphatic rings. The Hall–Kier alpha value is -1.14. The Morgan fingerprint density at radius 2 is 2.19 bits per heavy atom. The molecule has 3 unspecified atom stereocenters. The van der Waals surface area contributed by atoms with Crippen LogP contribution in [-0.4, -0.2) is 47.5 Å². The van der Waals surface area contributed by atoms with Crippen LogP contribution >= 0.6 is 11.3 Å². The summed E-state index contributed by atoms with van der Waals surface area (Å²) in [4.78, 5) is 24.1. The van der Waals surface area contributed by atoms with Gasteiger partial charge in [0.05, 0.1) is 12.2 Å². The molecule has 1 amide bonds. The predicted molar refractivity (Wildman–Crippen MR) is 109 cm³/mol. The van der Waals surface area contributed by atoms with Crippen molar-refractivity contribution in [2.75, 3.05) is 24.5 Å². The number of hydrogen-bond donors (Lipinski definition) is 1. The molecule has 1 saturated carbocycles. The first-order valence-electron chi connectivity index (χ1n) is 10.8. The highest BCUT2D eigenvalue weighted by Gasteiger charge is 2.38. The van der Waals surface area contributed by atoms with Crippen molar-refractivity contribution < 1.29 is 4.79 Å². The second kappa shape index (κ2) is 6.73. The first kappa shape index (κ1) is 17.9. The third kappa shape index (κ3) is 3.39. The monoisotopic (exact) mass is 388 g/mol. The predicted octanol–water partition coefficient (Wildman–Crippen LogP) is 3.18. The number of aromatic nitrogens is 1. The molecule has 1 aromatic heterocycles. The number of nitrogens with zero attached hydrogens (tertiary/aromatic N) is 3. The van der Waals surface area contributed by atoms with Crippen LogP contribution in [-0.2, 0) is 17.8 Å². The van der Waals surface area contributed by atoms with Crippen molar-refractivity contribution in [3.63, 3.8) is 0 Å². The molecule has 2 bridgehead atoms. The van der Waals surface area contributed by atoms with Gasteiger partial charge in [-0.1, -0.05) is 25.2 Å². The quantitative estimate of drug-likeness (QED) is 0.845. The Morgan fingerprint density at radius 1 is 1.30 bits per heavy atom. The van der Waals surface area contributed by atoms with Gasteiger partial charge in [-0.15, -0.1) is 0 Å². The van der Waals surface area contributed by atoms with E-state index in [4.69, 9.17) is 4.98 Å². The summed E-state index contributed by atoms with van der Waals surface area (Å²) in [6.45, 7) is 8.41. The van der Waals surface area contributed by atoms with Crippen LogP contribution in [0.2, 0.25) is 0 Å². The summed E-state index contributed by atoms with van der Waals surface area (Å²) >= 11 is 1.85. The molecular formula is C21H32N4OS. The van der Waals surface area contributed by atoms with E-state index in [0.717, 1.165) is 45.4 Å². The van der Waals surface area contributed by atoms with Crippen LogP contribution < -0.4 is 10.2 Å². The second-order valence-corrected chi connectivity index (χ2v) is 10.9. The standard InChI is InChI=1S/C21H32N4OS/c1-21(2)8-6-14(10-21)19(26)24-9-7-17-18(13-24)27-20(23-17)25-12-15-4-3-5-16(25)11-22-15/h14-16,22H,3-13H2,1-2H3. The Labute approximate surface area is 166 Å². The minimum absolute atomic E-state index is 0.237. The third-order valence-corrected chi connectivity index (χ3v) is 8.30. The van der Waals surface area contributed by atoms with Gasteiger partial charge < -0.3 is 15.1 Å². The van der Waals surface area contributed by atoms with Gasteiger partial charge in [0.25, 0.3) is 0 Å². The van der Waals surface area contributed by atoms with Gasteiger partial charge in [0.2, 0.25) is 5.91 Å². The zero-order chi connectivity index (χ0) is 18.6. The van der Waals surface area contributed by atoms with Crippen LogP contribution in [0.5, 0.6) is 0 Å². The van der Waals surface area contributed by atoms with Crippen molar-refractivity contribution in [2.45, 2.75) is 77.4 Å². The molecule has 6 rings (SSSR count). The normalized spacial score (nSPS) is 32.4. The summed E-state index contributed by atoms with van der Waals surface area (Å²) in [5.41, 5.74) is 1.58. The third-order valence-electron chi connectivity index (χ3n) is 7.19. The van der Waals surface area contributed by atoms with E-state index in [0.29, 0.717) is 23.4 Å². The van der Waals surface area contributed by atoms with E-state index in [1.54, 1.807) is 0 Å². The molecule has 27 heavy (non-hydrogen) atoms. The van der Waals surface area contributed by atoms with Crippen LogP contribution in [0.25, 0.3) is 0 Å². The Balaban J connectivity index is 1.30. The van der Waals surface area contributed by atoms with Crippen molar-refractivity contribution >= 4 is 22.4 Å². The molecule has 4 fully saturated rings. The minimum atomic E-state index is 0.237. The molecule has 5 heterocycles. The Morgan fingerprint density at radius 3 is 3.00 bits per heavy atom. The molecule has 1 aliphatic carbocycles. The number of nitrogens with one attached hydrogen (secondary N) is 1. The molecule has 1 N–H and O–H groups in total. The number of amides is 1. The molecule has 1 aromatic rings. The first-order valence-corrected chi connectivity index (χ1v) is 11.6. The molecule has 0 spiro atoms. The van der Waals surface area contributed by atoms with Crippen molar-refractivity contribution in [3.05, 3.63) is 10.6 Å². The SMILES string of the molecule is CC1(C)CCC(C(=O)N2CCc3nc(N4CC5CCCC4CN5)sc3C2)C1. The van der Waals surface area contributed by atoms with E-state index in [-0.39, 0.29) is 5.92 Å². The van der Waals surface area contributed by atoms with Crippen molar-refractivity contribution in [3.8, 4) is 0 Å². The number of carbonyl (C=O) groups is 1. The zero-order valence-electron chi connectivity index (χ0n) is 16.7. The molecule has 3 saturated heterocycles. The average molecular weight is 389 g/mol. The highest BCUT2D eigenvalue weighted by Crippen LogP contribution is 2.42. The summed E-state index contributed by atoms with van der Waals surface area (Å²) in [6, 6.07) is 1.21. The highest BCUT2D eigenvalue weighted by molar-refractivity contribution is 7.15. The summed E-state index contributed by atoms with van der Waals surface area (Å²) in [6.07, 6.45) is 8.10. The van der Waals surface area contributed by atoms with Gasteiger partial charge in [-0.3, -0.25) is 4.79 Å². The lowest BCUT2D eigenvalue weighted by Crippen LogP contribution is -2.54. The van der Waals surface area contributed by atoms with Crippen molar-refractivity contribution in [2.24, 2.45) is 11.3 Å². The molecule has 0 aromatic carbocycles. The van der Waals surface area contributed by atoms with Gasteiger partial charge in [-0.2, -0.15) is 0 Å². The van der Waals surface area contributed by atoms with Crippen LogP contribution in [0.1, 0.15) is 62.9 Å². The number of thiazole rings is 1. The number of piperazine rings is 1. The second-order valence-electron chi connectivity index (χ2n) is 9.82. The van der Waals surface area contributed by atoms with Crippen LogP contribution in [0.3, 0.4) is 0 Å². The average Bonchev–Trinajstić information content (AvgIpc) is 3.08. The lowest BCUT2D eigenvalue weighted by atomic mass is 9.90. The lowest BCUT2D eigenvalue weighted by molar-refractivity contribution is -0.136. The molecular weight excluding hydrogens is 356 g/mol. The van der Waals surface area contributed by atoms with Gasteiger partial charge in [-0.25, -0.2) is 4.98 Å². The fourth-order valence-electron chi connectivity index (χ4n) is 5.55. The van der Waals surface area contributed by atoms with E-state index in [9.17, 15) is 4.79 Å². The maximum Gasteiger partial charge on any atom is 0.226 e. The molecule has 148 valence electrons. The summed E-state index contributed by atoms with van der Waals surface area (Å²) in [5.74, 6) is 0.626.